The summed E-state index contributed by atoms with van der Waals surface area (Å²) in [6.07, 6.45) is 5.28. The summed E-state index contributed by atoms with van der Waals surface area (Å²) in [6.45, 7) is 14.1. The van der Waals surface area contributed by atoms with Crippen LogP contribution in [0.4, 0.5) is 4.79 Å². The second kappa shape index (κ2) is 15.7. The van der Waals surface area contributed by atoms with Crippen LogP contribution in [0.1, 0.15) is 53.9 Å². The molecule has 1 amide bonds. The molecule has 0 saturated carbocycles. The van der Waals surface area contributed by atoms with E-state index in [9.17, 15) is 4.79 Å². The van der Waals surface area contributed by atoms with Gasteiger partial charge in [0.1, 0.15) is 5.60 Å². The molecule has 0 aromatic heterocycles. The molecule has 168 valence electrons. The average Bonchev–Trinajstić information content (AvgIpc) is 2.57. The monoisotopic (exact) mass is 439 g/mol. The molecule has 0 spiro atoms. The van der Waals surface area contributed by atoms with E-state index in [1.54, 1.807) is 7.05 Å². The number of amides is 1. The molecule has 0 heterocycles. The van der Waals surface area contributed by atoms with Crippen LogP contribution in [0.25, 0.3) is 0 Å². The molecule has 0 aliphatic rings. The van der Waals surface area contributed by atoms with Gasteiger partial charge in [0.05, 0.1) is 33.0 Å². The lowest BCUT2D eigenvalue weighted by molar-refractivity contribution is 0.00441. The van der Waals surface area contributed by atoms with E-state index in [2.05, 4.69) is 20.1 Å². The lowest BCUT2D eigenvalue weighted by Gasteiger charge is -2.24. The van der Waals surface area contributed by atoms with Crippen molar-refractivity contribution in [1.82, 2.24) is 4.90 Å². The Labute approximate surface area is 180 Å². The maximum atomic E-state index is 11.8. The number of nitrogens with zero attached hydrogens (tertiary/aromatic N) is 1. The van der Waals surface area contributed by atoms with Crippen LogP contribution in [-0.4, -0.2) is 80.8 Å². The number of likely N-dealkylation sites (N-methyl/N-ethyl adjacent to an activating group) is 1. The molecule has 0 aromatic rings. The quantitative estimate of drug-likeness (QED) is 0.251. The number of ether oxygens (including phenoxy) is 4. The van der Waals surface area contributed by atoms with E-state index in [-0.39, 0.29) is 6.09 Å². The summed E-state index contributed by atoms with van der Waals surface area (Å²) in [7, 11) is 5.47. The maximum Gasteiger partial charge on any atom is 0.410 e. The summed E-state index contributed by atoms with van der Waals surface area (Å²) in [6, 6.07) is 0. The highest BCUT2D eigenvalue weighted by Crippen LogP contribution is 2.37. The molecule has 0 rings (SSSR count). The minimum Gasteiger partial charge on any atom is -0.444 e. The van der Waals surface area contributed by atoms with E-state index >= 15 is 0 Å². The van der Waals surface area contributed by atoms with Gasteiger partial charge in [-0.15, -0.1) is 0 Å². The Morgan fingerprint density at radius 3 is 1.93 bits per heavy atom. The van der Waals surface area contributed by atoms with Crippen LogP contribution in [0.2, 0.25) is 0 Å². The first-order valence-corrected chi connectivity index (χ1v) is 12.5. The molecule has 0 radical (unpaired) electrons. The van der Waals surface area contributed by atoms with E-state index in [0.717, 1.165) is 13.0 Å². The Morgan fingerprint density at radius 2 is 1.39 bits per heavy atom. The van der Waals surface area contributed by atoms with E-state index in [4.69, 9.17) is 18.9 Å². The van der Waals surface area contributed by atoms with Crippen molar-refractivity contribution in [2.75, 3.05) is 59.5 Å². The first-order valence-electron chi connectivity index (χ1n) is 9.96. The van der Waals surface area contributed by atoms with Gasteiger partial charge in [0.15, 0.2) is 0 Å². The largest absolute Gasteiger partial charge is 0.444 e. The van der Waals surface area contributed by atoms with Gasteiger partial charge in [0, 0.05) is 24.9 Å². The number of hydrogen-bond acceptors (Lipinski definition) is 7. The van der Waals surface area contributed by atoms with Crippen molar-refractivity contribution >= 4 is 27.7 Å². The molecule has 0 aliphatic heterocycles. The lowest BCUT2D eigenvalue weighted by Crippen LogP contribution is -2.36. The first-order chi connectivity index (χ1) is 13.1. The van der Waals surface area contributed by atoms with Gasteiger partial charge in [0.25, 0.3) is 0 Å². The fraction of sp³-hybridized carbons (Fsp3) is 0.950. The van der Waals surface area contributed by atoms with Crippen LogP contribution in [0.5, 0.6) is 0 Å². The topological polar surface area (TPSA) is 57.2 Å². The van der Waals surface area contributed by atoms with Gasteiger partial charge < -0.3 is 23.8 Å². The predicted molar refractivity (Wildman–Crippen MR) is 120 cm³/mol. The van der Waals surface area contributed by atoms with Crippen LogP contribution in [-0.2, 0) is 18.9 Å². The third-order valence-corrected chi connectivity index (χ3v) is 6.32. The Bertz CT molecular complexity index is 403. The molecule has 0 bridgehead atoms. The van der Waals surface area contributed by atoms with Crippen LogP contribution in [0.3, 0.4) is 0 Å². The summed E-state index contributed by atoms with van der Waals surface area (Å²) in [4.78, 5) is 13.3. The van der Waals surface area contributed by atoms with E-state index in [1.807, 2.05) is 42.4 Å². The lowest BCUT2D eigenvalue weighted by atomic mass is 10.1. The number of carbonyl (C=O) groups is 1. The molecule has 28 heavy (non-hydrogen) atoms. The zero-order chi connectivity index (χ0) is 21.5. The molecular weight excluding hydrogens is 398 g/mol. The summed E-state index contributed by atoms with van der Waals surface area (Å²) < 4.78 is 22.2. The van der Waals surface area contributed by atoms with Crippen molar-refractivity contribution in [2.24, 2.45) is 0 Å². The van der Waals surface area contributed by atoms with Gasteiger partial charge in [-0.1, -0.05) is 21.6 Å². The summed E-state index contributed by atoms with van der Waals surface area (Å²) in [5.41, 5.74) is -0.480. The second-order valence-electron chi connectivity index (χ2n) is 8.21. The Kier molecular flexibility index (Phi) is 15.6. The SMILES string of the molecule is CSSC(C)(C)CCCCOCCOCCOCCN(C)C(=O)OC(C)(C)C. The second-order valence-corrected chi connectivity index (χ2v) is 11.3. The maximum absolute atomic E-state index is 11.8. The molecular formula is C20H41NO5S2. The number of hydrogen-bond donors (Lipinski definition) is 0. The van der Waals surface area contributed by atoms with Crippen molar-refractivity contribution < 1.29 is 23.7 Å². The molecule has 0 N–H and O–H groups in total. The van der Waals surface area contributed by atoms with Crippen LogP contribution in [0, 0.1) is 0 Å². The zero-order valence-electron chi connectivity index (χ0n) is 18.9. The number of rotatable bonds is 16. The average molecular weight is 440 g/mol. The highest BCUT2D eigenvalue weighted by Gasteiger charge is 2.19. The van der Waals surface area contributed by atoms with Crippen LogP contribution in [0.15, 0.2) is 0 Å². The summed E-state index contributed by atoms with van der Waals surface area (Å²) in [5, 5.41) is 0. The standard InChI is InChI=1S/C20H41NO5S2/c1-19(2,3)26-18(22)21(6)11-13-24-15-17-25-16-14-23-12-9-8-10-20(4,5)28-27-7/h8-17H2,1-7H3. The van der Waals surface area contributed by atoms with Crippen molar-refractivity contribution in [3.05, 3.63) is 0 Å². The molecule has 6 nitrogen and oxygen atoms in total. The molecule has 0 saturated heterocycles. The zero-order valence-corrected chi connectivity index (χ0v) is 20.5. The number of carbonyl (C=O) groups excluding carboxylic acids is 1. The van der Waals surface area contributed by atoms with E-state index < -0.39 is 5.60 Å². The fourth-order valence-electron chi connectivity index (χ4n) is 2.20. The Balaban J connectivity index is 3.39. The molecule has 0 atom stereocenters. The van der Waals surface area contributed by atoms with Gasteiger partial charge in [-0.2, -0.15) is 0 Å². The summed E-state index contributed by atoms with van der Waals surface area (Å²) in [5.74, 6) is 0. The van der Waals surface area contributed by atoms with E-state index in [1.165, 1.54) is 17.7 Å². The van der Waals surface area contributed by atoms with Gasteiger partial charge in [-0.05, 0) is 60.1 Å². The van der Waals surface area contributed by atoms with Gasteiger partial charge >= 0.3 is 6.09 Å². The van der Waals surface area contributed by atoms with Gasteiger partial charge in [-0.3, -0.25) is 0 Å². The fourth-order valence-corrected chi connectivity index (χ4v) is 4.48. The van der Waals surface area contributed by atoms with Crippen LogP contribution < -0.4 is 0 Å². The normalized spacial score (nSPS) is 12.2. The first kappa shape index (κ1) is 27.8. The molecule has 8 heteroatoms. The predicted octanol–water partition coefficient (Wildman–Crippen LogP) is 4.86. The number of unbranched alkanes of at least 4 members (excludes halogenated alkanes) is 1. The van der Waals surface area contributed by atoms with Crippen molar-refractivity contribution in [3.8, 4) is 0 Å². The third-order valence-electron chi connectivity index (χ3n) is 3.65. The summed E-state index contributed by atoms with van der Waals surface area (Å²) >= 11 is 0. The molecule has 0 aliphatic carbocycles. The van der Waals surface area contributed by atoms with Crippen molar-refractivity contribution in [3.63, 3.8) is 0 Å². The highest BCUT2D eigenvalue weighted by molar-refractivity contribution is 8.76. The van der Waals surface area contributed by atoms with Gasteiger partial charge in [-0.25, -0.2) is 4.79 Å². The van der Waals surface area contributed by atoms with Crippen LogP contribution >= 0.6 is 21.6 Å². The smallest absolute Gasteiger partial charge is 0.410 e. The minimum absolute atomic E-state index is 0.337. The minimum atomic E-state index is -0.480. The van der Waals surface area contributed by atoms with Crippen molar-refractivity contribution in [1.29, 1.82) is 0 Å². The molecule has 0 fully saturated rings. The third kappa shape index (κ3) is 17.9. The molecule has 0 aromatic carbocycles. The highest BCUT2D eigenvalue weighted by atomic mass is 33.1. The van der Waals surface area contributed by atoms with Gasteiger partial charge in [0.2, 0.25) is 0 Å². The van der Waals surface area contributed by atoms with Crippen molar-refractivity contribution in [2.45, 2.75) is 64.2 Å². The van der Waals surface area contributed by atoms with E-state index in [0.29, 0.717) is 44.3 Å². The Hall–Kier alpha value is -0.150. The Morgan fingerprint density at radius 1 is 0.857 bits per heavy atom. The molecule has 0 unspecified atom stereocenters.